The van der Waals surface area contributed by atoms with E-state index in [1.165, 1.54) is 0 Å². The molecule has 0 saturated carbocycles. The summed E-state index contributed by atoms with van der Waals surface area (Å²) in [7, 11) is 1.82. The van der Waals surface area contributed by atoms with Gasteiger partial charge < -0.3 is 4.90 Å². The number of hydrogen-bond donors (Lipinski definition) is 0. The van der Waals surface area contributed by atoms with E-state index in [1.54, 1.807) is 21.9 Å². The van der Waals surface area contributed by atoms with Gasteiger partial charge in [0.25, 0.3) is 5.91 Å². The fourth-order valence-corrected chi connectivity index (χ4v) is 3.64. The van der Waals surface area contributed by atoms with Gasteiger partial charge in [0.1, 0.15) is 5.69 Å². The number of benzene rings is 1. The zero-order valence-corrected chi connectivity index (χ0v) is 14.8. The van der Waals surface area contributed by atoms with Gasteiger partial charge in [0, 0.05) is 30.0 Å². The fourth-order valence-electron chi connectivity index (χ4n) is 3.29. The van der Waals surface area contributed by atoms with E-state index in [9.17, 15) is 4.79 Å². The molecule has 3 aromatic rings. The summed E-state index contributed by atoms with van der Waals surface area (Å²) >= 11 is 3.45. The predicted molar refractivity (Wildman–Crippen MR) is 92.6 cm³/mol. The van der Waals surface area contributed by atoms with Crippen molar-refractivity contribution in [3.8, 4) is 0 Å². The van der Waals surface area contributed by atoms with Crippen LogP contribution in [0.4, 0.5) is 0 Å². The molecule has 0 radical (unpaired) electrons. The van der Waals surface area contributed by atoms with Gasteiger partial charge in [-0.3, -0.25) is 9.48 Å². The third kappa shape index (κ3) is 2.60. The minimum Gasteiger partial charge on any atom is -0.337 e. The molecule has 0 bridgehead atoms. The van der Waals surface area contributed by atoms with Gasteiger partial charge in [0.05, 0.1) is 24.0 Å². The van der Waals surface area contributed by atoms with Crippen molar-refractivity contribution >= 4 is 32.7 Å². The highest BCUT2D eigenvalue weighted by molar-refractivity contribution is 9.10. The van der Waals surface area contributed by atoms with E-state index < -0.39 is 0 Å². The number of halogens is 1. The summed E-state index contributed by atoms with van der Waals surface area (Å²) in [5.74, 6) is 0.0363. The Kier molecular flexibility index (Phi) is 3.84. The van der Waals surface area contributed by atoms with E-state index in [2.05, 4.69) is 31.2 Å². The van der Waals surface area contributed by atoms with E-state index in [-0.39, 0.29) is 11.9 Å². The maximum absolute atomic E-state index is 13.0. The van der Waals surface area contributed by atoms with Gasteiger partial charge in [-0.2, -0.15) is 20.1 Å². The Morgan fingerprint density at radius 1 is 1.21 bits per heavy atom. The van der Waals surface area contributed by atoms with Crippen LogP contribution >= 0.6 is 15.9 Å². The summed E-state index contributed by atoms with van der Waals surface area (Å²) in [6.07, 6.45) is 5.11. The summed E-state index contributed by atoms with van der Waals surface area (Å²) < 4.78 is 2.64. The maximum Gasteiger partial charge on any atom is 0.272 e. The van der Waals surface area contributed by atoms with E-state index in [0.29, 0.717) is 18.8 Å². The molecule has 124 valence electrons. The smallest absolute Gasteiger partial charge is 0.272 e. The molecule has 0 unspecified atom stereocenters. The number of amides is 1. The molecule has 4 rings (SSSR count). The Labute approximate surface area is 147 Å². The van der Waals surface area contributed by atoms with Crippen molar-refractivity contribution in [1.29, 1.82) is 0 Å². The first kappa shape index (κ1) is 15.3. The monoisotopic (exact) mass is 388 g/mol. The summed E-state index contributed by atoms with van der Waals surface area (Å²) in [6, 6.07) is 6.08. The van der Waals surface area contributed by atoms with E-state index in [0.717, 1.165) is 28.2 Å². The zero-order chi connectivity index (χ0) is 16.7. The number of carbonyl (C=O) groups excluding carboxylic acids is 1. The quantitative estimate of drug-likeness (QED) is 0.675. The summed E-state index contributed by atoms with van der Waals surface area (Å²) in [5, 5.41) is 13.8. The highest BCUT2D eigenvalue weighted by Crippen LogP contribution is 2.26. The number of aryl methyl sites for hydroxylation is 1. The van der Waals surface area contributed by atoms with Crippen LogP contribution in [0.5, 0.6) is 0 Å². The van der Waals surface area contributed by atoms with Crippen LogP contribution in [0.25, 0.3) is 10.9 Å². The first-order valence-corrected chi connectivity index (χ1v) is 8.70. The van der Waals surface area contributed by atoms with Crippen LogP contribution in [0.15, 0.2) is 35.1 Å². The molecular formula is C16H17BrN6O. The number of hydrogen-bond acceptors (Lipinski definition) is 4. The number of rotatable bonds is 2. The van der Waals surface area contributed by atoms with Gasteiger partial charge in [-0.25, -0.2) is 0 Å². The van der Waals surface area contributed by atoms with Gasteiger partial charge in [-0.1, -0.05) is 15.9 Å². The highest BCUT2D eigenvalue weighted by Gasteiger charge is 2.28. The maximum atomic E-state index is 13.0. The normalized spacial score (nSPS) is 16.0. The number of nitrogens with zero attached hydrogens (tertiary/aromatic N) is 6. The van der Waals surface area contributed by atoms with Crippen molar-refractivity contribution in [2.75, 3.05) is 13.1 Å². The molecule has 3 heterocycles. The van der Waals surface area contributed by atoms with E-state index >= 15 is 0 Å². The number of likely N-dealkylation sites (tertiary alicyclic amines) is 1. The Balaban J connectivity index is 1.56. The Bertz CT molecular complexity index is 879. The minimum absolute atomic E-state index is 0.0363. The predicted octanol–water partition coefficient (Wildman–Crippen LogP) is 2.40. The highest BCUT2D eigenvalue weighted by atomic mass is 79.9. The van der Waals surface area contributed by atoms with Crippen LogP contribution < -0.4 is 0 Å². The Morgan fingerprint density at radius 3 is 2.62 bits per heavy atom. The molecule has 2 aromatic heterocycles. The Hall–Kier alpha value is -2.22. The molecule has 8 heteroatoms. The summed E-state index contributed by atoms with van der Waals surface area (Å²) in [4.78, 5) is 16.6. The van der Waals surface area contributed by atoms with Crippen molar-refractivity contribution in [3.05, 3.63) is 40.8 Å². The van der Waals surface area contributed by atoms with Crippen LogP contribution in [-0.2, 0) is 7.05 Å². The number of aromatic nitrogens is 5. The van der Waals surface area contributed by atoms with Gasteiger partial charge >= 0.3 is 0 Å². The molecule has 1 fully saturated rings. The second-order valence-corrected chi connectivity index (χ2v) is 6.92. The largest absolute Gasteiger partial charge is 0.337 e. The summed E-state index contributed by atoms with van der Waals surface area (Å²) in [6.45, 7) is 1.41. The molecule has 24 heavy (non-hydrogen) atoms. The van der Waals surface area contributed by atoms with Crippen molar-refractivity contribution in [2.24, 2.45) is 7.05 Å². The first-order valence-electron chi connectivity index (χ1n) is 7.91. The lowest BCUT2D eigenvalue weighted by molar-refractivity contribution is 0.0674. The second kappa shape index (κ2) is 6.01. The van der Waals surface area contributed by atoms with Crippen LogP contribution in [-0.4, -0.2) is 48.7 Å². The van der Waals surface area contributed by atoms with Crippen molar-refractivity contribution in [2.45, 2.75) is 18.9 Å². The topological polar surface area (TPSA) is 68.8 Å². The molecule has 0 aliphatic carbocycles. The van der Waals surface area contributed by atoms with Crippen molar-refractivity contribution in [3.63, 3.8) is 0 Å². The molecule has 0 atom stereocenters. The average Bonchev–Trinajstić information content (AvgIpc) is 3.21. The molecule has 0 N–H and O–H groups in total. The molecule has 1 aromatic carbocycles. The van der Waals surface area contributed by atoms with E-state index in [4.69, 9.17) is 0 Å². The average molecular weight is 389 g/mol. The number of fused-ring (bicyclic) bond motifs is 1. The molecule has 0 spiro atoms. The molecule has 7 nitrogen and oxygen atoms in total. The van der Waals surface area contributed by atoms with E-state index in [1.807, 2.05) is 30.1 Å². The van der Waals surface area contributed by atoms with Crippen molar-refractivity contribution < 1.29 is 4.79 Å². The lowest BCUT2D eigenvalue weighted by Crippen LogP contribution is -2.40. The lowest BCUT2D eigenvalue weighted by Gasteiger charge is -2.31. The number of piperidine rings is 1. The third-order valence-corrected chi connectivity index (χ3v) is 5.01. The van der Waals surface area contributed by atoms with Crippen LogP contribution in [0.3, 0.4) is 0 Å². The third-order valence-electron chi connectivity index (χ3n) is 4.51. The molecule has 1 saturated heterocycles. The van der Waals surface area contributed by atoms with Gasteiger partial charge in [0.2, 0.25) is 0 Å². The standard InChI is InChI=1S/C16H17BrN6O/c1-21-15(13-3-2-11(17)10-14(13)20-21)16(24)22-8-4-12(5-9-22)23-18-6-7-19-23/h2-3,6-7,10,12H,4-5,8-9H2,1H3. The number of carbonyl (C=O) groups is 1. The zero-order valence-electron chi connectivity index (χ0n) is 13.3. The molecule has 1 aliphatic heterocycles. The van der Waals surface area contributed by atoms with Gasteiger partial charge in [-0.05, 0) is 31.0 Å². The Morgan fingerprint density at radius 2 is 1.92 bits per heavy atom. The van der Waals surface area contributed by atoms with Crippen LogP contribution in [0.1, 0.15) is 29.4 Å². The second-order valence-electron chi connectivity index (χ2n) is 6.01. The lowest BCUT2D eigenvalue weighted by atomic mass is 10.0. The fraction of sp³-hybridized carbons (Fsp3) is 0.375. The molecule has 1 amide bonds. The summed E-state index contributed by atoms with van der Waals surface area (Å²) in [5.41, 5.74) is 1.47. The minimum atomic E-state index is 0.0363. The first-order chi connectivity index (χ1) is 11.6. The van der Waals surface area contributed by atoms with Crippen LogP contribution in [0, 0.1) is 0 Å². The molecule has 1 aliphatic rings. The van der Waals surface area contributed by atoms with Gasteiger partial charge in [-0.15, -0.1) is 0 Å². The molecular weight excluding hydrogens is 372 g/mol. The van der Waals surface area contributed by atoms with Crippen LogP contribution in [0.2, 0.25) is 0 Å². The van der Waals surface area contributed by atoms with Gasteiger partial charge in [0.15, 0.2) is 0 Å². The SMILES string of the molecule is Cn1nc2cc(Br)ccc2c1C(=O)N1CCC(n2nccn2)CC1. The van der Waals surface area contributed by atoms with Crippen molar-refractivity contribution in [1.82, 2.24) is 29.7 Å².